The van der Waals surface area contributed by atoms with E-state index in [4.69, 9.17) is 5.73 Å². The molecule has 2 aromatic heterocycles. The van der Waals surface area contributed by atoms with Crippen LogP contribution in [0.25, 0.3) is 11.3 Å². The van der Waals surface area contributed by atoms with Gasteiger partial charge in [0.2, 0.25) is 5.95 Å². The maximum atomic E-state index is 13.7. The smallest absolute Gasteiger partial charge is 0.390 e. The summed E-state index contributed by atoms with van der Waals surface area (Å²) in [5.41, 5.74) is 3.92. The van der Waals surface area contributed by atoms with Gasteiger partial charge in [-0.2, -0.15) is 18.2 Å². The quantitative estimate of drug-likeness (QED) is 0.786. The van der Waals surface area contributed by atoms with Crippen LogP contribution < -0.4 is 15.5 Å². The predicted molar refractivity (Wildman–Crippen MR) is 108 cm³/mol. The van der Waals surface area contributed by atoms with Crippen molar-refractivity contribution in [2.24, 2.45) is 5.92 Å². The third kappa shape index (κ3) is 4.14. The first kappa shape index (κ1) is 20.6. The fourth-order valence-electron chi connectivity index (χ4n) is 3.85. The van der Waals surface area contributed by atoms with E-state index in [1.54, 1.807) is 13.0 Å². The molecule has 10 heteroatoms. The van der Waals surface area contributed by atoms with Crippen molar-refractivity contribution in [2.75, 3.05) is 41.7 Å². The molecule has 0 unspecified atom stereocenters. The summed E-state index contributed by atoms with van der Waals surface area (Å²) in [7, 11) is 0. The Labute approximate surface area is 172 Å². The average molecular weight is 422 g/mol. The lowest BCUT2D eigenvalue weighted by atomic mass is 9.94. The van der Waals surface area contributed by atoms with Crippen LogP contribution in [0.2, 0.25) is 0 Å². The van der Waals surface area contributed by atoms with Crippen molar-refractivity contribution < 1.29 is 18.3 Å². The van der Waals surface area contributed by atoms with Gasteiger partial charge >= 0.3 is 6.18 Å². The zero-order valence-corrected chi connectivity index (χ0v) is 16.9. The Morgan fingerprint density at radius 2 is 1.80 bits per heavy atom. The lowest BCUT2D eigenvalue weighted by Gasteiger charge is -2.39. The van der Waals surface area contributed by atoms with Crippen LogP contribution in [0.3, 0.4) is 0 Å². The minimum Gasteiger partial charge on any atom is -0.390 e. The average Bonchev–Trinajstić information content (AvgIpc) is 2.64. The van der Waals surface area contributed by atoms with Crippen LogP contribution in [-0.2, 0) is 6.18 Å². The van der Waals surface area contributed by atoms with Crippen molar-refractivity contribution in [2.45, 2.75) is 38.5 Å². The van der Waals surface area contributed by atoms with Gasteiger partial charge in [-0.3, -0.25) is 0 Å². The number of nitrogen functional groups attached to an aromatic ring is 1. The van der Waals surface area contributed by atoms with E-state index < -0.39 is 17.3 Å². The first-order valence-electron chi connectivity index (χ1n) is 9.96. The predicted octanol–water partition coefficient (Wildman–Crippen LogP) is 2.95. The topological polar surface area (TPSA) is 91.4 Å². The number of alkyl halides is 3. The third-order valence-corrected chi connectivity index (χ3v) is 5.72. The molecule has 162 valence electrons. The van der Waals surface area contributed by atoms with Crippen LogP contribution >= 0.6 is 0 Å². The highest BCUT2D eigenvalue weighted by atomic mass is 19.4. The Morgan fingerprint density at radius 3 is 2.40 bits per heavy atom. The van der Waals surface area contributed by atoms with E-state index in [-0.39, 0.29) is 17.1 Å². The molecule has 0 spiro atoms. The van der Waals surface area contributed by atoms with E-state index in [1.807, 2.05) is 9.80 Å². The van der Waals surface area contributed by atoms with Gasteiger partial charge in [-0.25, -0.2) is 9.97 Å². The Balaban J connectivity index is 1.78. The maximum Gasteiger partial charge on any atom is 0.417 e. The van der Waals surface area contributed by atoms with Crippen molar-refractivity contribution in [3.63, 3.8) is 0 Å². The molecule has 0 saturated carbocycles. The highest BCUT2D eigenvalue weighted by Crippen LogP contribution is 2.39. The number of rotatable bonds is 3. The highest BCUT2D eigenvalue weighted by molar-refractivity contribution is 5.69. The van der Waals surface area contributed by atoms with Gasteiger partial charge in [0, 0.05) is 44.0 Å². The number of hydrogen-bond donors (Lipinski definition) is 2. The second-order valence-electron chi connectivity index (χ2n) is 8.56. The molecule has 0 bridgehead atoms. The molecule has 2 aliphatic rings. The monoisotopic (exact) mass is 422 g/mol. The molecule has 0 aromatic carbocycles. The Hall–Kier alpha value is -2.62. The van der Waals surface area contributed by atoms with Crippen molar-refractivity contribution >= 4 is 17.6 Å². The van der Waals surface area contributed by atoms with Gasteiger partial charge in [-0.15, -0.1) is 0 Å². The summed E-state index contributed by atoms with van der Waals surface area (Å²) in [6, 6.07) is 2.42. The van der Waals surface area contributed by atoms with E-state index in [9.17, 15) is 18.3 Å². The van der Waals surface area contributed by atoms with Gasteiger partial charge in [-0.1, -0.05) is 6.92 Å². The zero-order chi connectivity index (χ0) is 21.7. The molecular formula is C20H25F3N6O. The number of piperidine rings is 1. The minimum absolute atomic E-state index is 0.126. The number of nitrogens with zero attached hydrogens (tertiary/aromatic N) is 5. The molecule has 4 heterocycles. The van der Waals surface area contributed by atoms with Gasteiger partial charge in [0.1, 0.15) is 11.6 Å². The number of pyridine rings is 1. The molecule has 7 nitrogen and oxygen atoms in total. The summed E-state index contributed by atoms with van der Waals surface area (Å²) in [6.45, 7) is 6.52. The maximum absolute atomic E-state index is 13.7. The molecule has 0 atom stereocenters. The lowest BCUT2D eigenvalue weighted by Crippen LogP contribution is -2.46. The Bertz CT molecular complexity index is 933. The number of anilines is 3. The number of hydrogen-bond acceptors (Lipinski definition) is 7. The van der Waals surface area contributed by atoms with Crippen LogP contribution in [0.5, 0.6) is 0 Å². The largest absolute Gasteiger partial charge is 0.417 e. The fraction of sp³-hybridized carbons (Fsp3) is 0.550. The number of halogens is 3. The summed E-state index contributed by atoms with van der Waals surface area (Å²) >= 11 is 0. The summed E-state index contributed by atoms with van der Waals surface area (Å²) in [4.78, 5) is 16.9. The van der Waals surface area contributed by atoms with E-state index in [0.717, 1.165) is 25.4 Å². The Kier molecular flexibility index (Phi) is 5.00. The number of nitrogens with two attached hydrogens (primary N) is 1. The third-order valence-electron chi connectivity index (χ3n) is 5.72. The molecule has 2 fully saturated rings. The lowest BCUT2D eigenvalue weighted by molar-refractivity contribution is -0.137. The Morgan fingerprint density at radius 1 is 1.13 bits per heavy atom. The summed E-state index contributed by atoms with van der Waals surface area (Å²) in [5.74, 6) is 1.26. The fourth-order valence-corrected chi connectivity index (χ4v) is 3.85. The summed E-state index contributed by atoms with van der Waals surface area (Å²) in [5, 5.41) is 10.2. The zero-order valence-electron chi connectivity index (χ0n) is 16.9. The van der Waals surface area contributed by atoms with Gasteiger partial charge in [0.15, 0.2) is 0 Å². The second kappa shape index (κ2) is 7.26. The van der Waals surface area contributed by atoms with E-state index in [2.05, 4.69) is 21.9 Å². The van der Waals surface area contributed by atoms with Crippen molar-refractivity contribution in [3.8, 4) is 11.3 Å². The highest BCUT2D eigenvalue weighted by Gasteiger charge is 2.36. The van der Waals surface area contributed by atoms with Crippen LogP contribution in [0.15, 0.2) is 18.3 Å². The van der Waals surface area contributed by atoms with Crippen LogP contribution in [0, 0.1) is 5.92 Å². The first-order valence-corrected chi connectivity index (χ1v) is 9.96. The molecule has 0 radical (unpaired) electrons. The van der Waals surface area contributed by atoms with Crippen molar-refractivity contribution in [1.29, 1.82) is 0 Å². The molecule has 30 heavy (non-hydrogen) atoms. The first-order chi connectivity index (χ1) is 14.0. The molecule has 4 rings (SSSR count). The number of aromatic nitrogens is 3. The summed E-state index contributed by atoms with van der Waals surface area (Å²) in [6.07, 6.45) is -2.40. The molecule has 0 amide bonds. The SMILES string of the molecule is CC1CN(c2cc(-c3cnc(N)cc3C(F)(F)F)nc(N3CCC(C)(O)CC3)n2)C1. The van der Waals surface area contributed by atoms with E-state index >= 15 is 0 Å². The molecule has 2 aromatic rings. The van der Waals surface area contributed by atoms with Gasteiger partial charge < -0.3 is 20.6 Å². The molecule has 2 saturated heterocycles. The van der Waals surface area contributed by atoms with E-state index in [1.165, 1.54) is 0 Å². The second-order valence-corrected chi connectivity index (χ2v) is 8.56. The van der Waals surface area contributed by atoms with Gasteiger partial charge in [0.25, 0.3) is 0 Å². The summed E-state index contributed by atoms with van der Waals surface area (Å²) < 4.78 is 41.0. The normalized spacial score (nSPS) is 19.7. The van der Waals surface area contributed by atoms with Gasteiger partial charge in [0.05, 0.1) is 16.9 Å². The van der Waals surface area contributed by atoms with Crippen molar-refractivity contribution in [3.05, 3.63) is 23.9 Å². The van der Waals surface area contributed by atoms with E-state index in [0.29, 0.717) is 43.6 Å². The standard InChI is InChI=1S/C20H25F3N6O/c1-12-10-29(11-12)17-8-15(13-9-25-16(24)7-14(13)20(21,22)23)26-18(27-17)28-5-3-19(2,30)4-6-28/h7-9,12,30H,3-6,10-11H2,1-2H3,(H2,24,25). The van der Waals surface area contributed by atoms with Crippen molar-refractivity contribution in [1.82, 2.24) is 15.0 Å². The molecule has 2 aliphatic heterocycles. The minimum atomic E-state index is -4.59. The number of aliphatic hydroxyl groups is 1. The molecule has 3 N–H and O–H groups in total. The molecular weight excluding hydrogens is 397 g/mol. The van der Waals surface area contributed by atoms with Crippen LogP contribution in [0.1, 0.15) is 32.3 Å². The van der Waals surface area contributed by atoms with Crippen LogP contribution in [0.4, 0.5) is 30.8 Å². The van der Waals surface area contributed by atoms with Gasteiger partial charge in [-0.05, 0) is 31.7 Å². The molecule has 0 aliphatic carbocycles. The van der Waals surface area contributed by atoms with Crippen LogP contribution in [-0.4, -0.2) is 51.8 Å².